The largest absolute Gasteiger partial charge is 0.490 e. The summed E-state index contributed by atoms with van der Waals surface area (Å²) in [4.78, 5) is 16.1. The number of fused-ring (bicyclic) bond motifs is 1. The van der Waals surface area contributed by atoms with E-state index in [4.69, 9.17) is 21.1 Å². The zero-order valence-electron chi connectivity index (χ0n) is 11.1. The van der Waals surface area contributed by atoms with E-state index in [2.05, 4.69) is 10.3 Å². The molecule has 2 heterocycles. The average molecular weight is 305 g/mol. The lowest BCUT2D eigenvalue weighted by atomic mass is 10.2. The average Bonchev–Trinajstić information content (AvgIpc) is 2.72. The lowest BCUT2D eigenvalue weighted by molar-refractivity contribution is 0.102. The Morgan fingerprint density at radius 3 is 2.76 bits per heavy atom. The topological polar surface area (TPSA) is 60.5 Å². The van der Waals surface area contributed by atoms with Crippen LogP contribution in [-0.2, 0) is 0 Å². The Balaban J connectivity index is 1.79. The molecule has 1 aliphatic heterocycles. The van der Waals surface area contributed by atoms with Crippen LogP contribution in [0.5, 0.6) is 11.5 Å². The maximum Gasteiger partial charge on any atom is 0.274 e. The van der Waals surface area contributed by atoms with Crippen molar-refractivity contribution in [2.75, 3.05) is 18.5 Å². The molecule has 1 aliphatic rings. The second kappa shape index (κ2) is 6.01. The van der Waals surface area contributed by atoms with Gasteiger partial charge in [0.25, 0.3) is 5.91 Å². The van der Waals surface area contributed by atoms with Crippen LogP contribution in [-0.4, -0.2) is 24.1 Å². The minimum atomic E-state index is -0.327. The van der Waals surface area contributed by atoms with Gasteiger partial charge in [-0.25, -0.2) is 4.98 Å². The smallest absolute Gasteiger partial charge is 0.274 e. The van der Waals surface area contributed by atoms with E-state index in [1.54, 1.807) is 36.4 Å². The molecule has 0 aliphatic carbocycles. The highest BCUT2D eigenvalue weighted by Crippen LogP contribution is 2.32. The lowest BCUT2D eigenvalue weighted by Gasteiger charge is -2.10. The lowest BCUT2D eigenvalue weighted by Crippen LogP contribution is -2.13. The monoisotopic (exact) mass is 304 g/mol. The van der Waals surface area contributed by atoms with E-state index in [0.717, 1.165) is 6.42 Å². The summed E-state index contributed by atoms with van der Waals surface area (Å²) in [6.45, 7) is 1.23. The summed E-state index contributed by atoms with van der Waals surface area (Å²) in [6.07, 6.45) is 0.836. The summed E-state index contributed by atoms with van der Waals surface area (Å²) in [5.74, 6) is 0.989. The van der Waals surface area contributed by atoms with Gasteiger partial charge in [-0.3, -0.25) is 4.79 Å². The number of benzene rings is 1. The number of ether oxygens (including phenoxy) is 2. The first kappa shape index (κ1) is 13.7. The third-order valence-corrected chi connectivity index (χ3v) is 3.16. The molecule has 0 fully saturated rings. The fourth-order valence-electron chi connectivity index (χ4n) is 1.97. The maximum atomic E-state index is 12.1. The molecule has 0 atom stereocenters. The Hall–Kier alpha value is -2.27. The van der Waals surface area contributed by atoms with Crippen molar-refractivity contribution in [2.24, 2.45) is 0 Å². The zero-order chi connectivity index (χ0) is 14.7. The summed E-state index contributed by atoms with van der Waals surface area (Å²) in [5, 5.41) is 3.04. The molecule has 108 valence electrons. The van der Waals surface area contributed by atoms with Crippen LogP contribution in [0.1, 0.15) is 16.9 Å². The quantitative estimate of drug-likeness (QED) is 0.866. The number of halogens is 1. The van der Waals surface area contributed by atoms with Crippen LogP contribution in [0.25, 0.3) is 0 Å². The van der Waals surface area contributed by atoms with Crippen molar-refractivity contribution in [3.05, 3.63) is 47.2 Å². The highest BCUT2D eigenvalue weighted by atomic mass is 35.5. The first-order chi connectivity index (χ1) is 10.2. The molecule has 0 radical (unpaired) electrons. The Labute approximate surface area is 126 Å². The third kappa shape index (κ3) is 3.25. The second-order valence-corrected chi connectivity index (χ2v) is 4.90. The minimum absolute atomic E-state index is 0.259. The highest BCUT2D eigenvalue weighted by Gasteiger charge is 2.13. The second-order valence-electron chi connectivity index (χ2n) is 4.51. The summed E-state index contributed by atoms with van der Waals surface area (Å²) >= 11 is 5.78. The first-order valence-electron chi connectivity index (χ1n) is 6.56. The van der Waals surface area contributed by atoms with Gasteiger partial charge in [-0.05, 0) is 24.3 Å². The van der Waals surface area contributed by atoms with Crippen molar-refractivity contribution < 1.29 is 14.3 Å². The van der Waals surface area contributed by atoms with Gasteiger partial charge in [0, 0.05) is 18.2 Å². The summed E-state index contributed by atoms with van der Waals surface area (Å²) in [6, 6.07) is 10.2. The van der Waals surface area contributed by atoms with E-state index in [1.807, 2.05) is 0 Å². The molecule has 21 heavy (non-hydrogen) atoms. The third-order valence-electron chi connectivity index (χ3n) is 2.95. The number of hydrogen-bond acceptors (Lipinski definition) is 4. The number of pyridine rings is 1. The molecule has 0 bridgehead atoms. The van der Waals surface area contributed by atoms with E-state index >= 15 is 0 Å². The minimum Gasteiger partial charge on any atom is -0.490 e. The van der Waals surface area contributed by atoms with E-state index in [9.17, 15) is 4.79 Å². The van der Waals surface area contributed by atoms with Crippen LogP contribution in [0.3, 0.4) is 0 Å². The van der Waals surface area contributed by atoms with Gasteiger partial charge < -0.3 is 14.8 Å². The number of amides is 1. The van der Waals surface area contributed by atoms with Gasteiger partial charge >= 0.3 is 0 Å². The molecule has 5 nitrogen and oxygen atoms in total. The highest BCUT2D eigenvalue weighted by molar-refractivity contribution is 6.29. The Morgan fingerprint density at radius 1 is 1.14 bits per heavy atom. The van der Waals surface area contributed by atoms with E-state index in [0.29, 0.717) is 30.4 Å². The molecule has 1 amide bonds. The SMILES string of the molecule is O=C(Nc1ccc2c(c1)OCCCO2)c1cccc(Cl)n1. The predicted molar refractivity (Wildman–Crippen MR) is 79.2 cm³/mol. The fraction of sp³-hybridized carbons (Fsp3) is 0.200. The van der Waals surface area contributed by atoms with Crippen molar-refractivity contribution in [1.82, 2.24) is 4.98 Å². The van der Waals surface area contributed by atoms with E-state index < -0.39 is 0 Å². The standard InChI is InChI=1S/C15H13ClN2O3/c16-14-4-1-3-11(18-14)15(19)17-10-5-6-12-13(9-10)21-8-2-7-20-12/h1,3-6,9H,2,7-8H2,(H,17,19). The van der Waals surface area contributed by atoms with Gasteiger partial charge in [0.15, 0.2) is 11.5 Å². The van der Waals surface area contributed by atoms with Gasteiger partial charge in [0.2, 0.25) is 0 Å². The van der Waals surface area contributed by atoms with Gasteiger partial charge in [0.05, 0.1) is 13.2 Å². The molecule has 0 saturated heterocycles. The predicted octanol–water partition coefficient (Wildman–Crippen LogP) is 3.15. The molecule has 1 aromatic heterocycles. The van der Waals surface area contributed by atoms with Crippen LogP contribution in [0.4, 0.5) is 5.69 Å². The molecular formula is C15H13ClN2O3. The van der Waals surface area contributed by atoms with Gasteiger partial charge in [-0.15, -0.1) is 0 Å². The summed E-state index contributed by atoms with van der Waals surface area (Å²) < 4.78 is 11.1. The Kier molecular flexibility index (Phi) is 3.92. The normalized spacial score (nSPS) is 13.4. The van der Waals surface area contributed by atoms with Crippen molar-refractivity contribution >= 4 is 23.2 Å². The van der Waals surface area contributed by atoms with Gasteiger partial charge in [0.1, 0.15) is 10.8 Å². The Morgan fingerprint density at radius 2 is 1.95 bits per heavy atom. The van der Waals surface area contributed by atoms with Crippen molar-refractivity contribution in [3.8, 4) is 11.5 Å². The molecule has 2 aromatic rings. The molecule has 0 unspecified atom stereocenters. The number of carbonyl (C=O) groups is 1. The van der Waals surface area contributed by atoms with Crippen molar-refractivity contribution in [2.45, 2.75) is 6.42 Å². The number of hydrogen-bond donors (Lipinski definition) is 1. The molecular weight excluding hydrogens is 292 g/mol. The zero-order valence-corrected chi connectivity index (χ0v) is 11.9. The number of nitrogens with zero attached hydrogens (tertiary/aromatic N) is 1. The number of anilines is 1. The van der Waals surface area contributed by atoms with Gasteiger partial charge in [-0.1, -0.05) is 17.7 Å². The Bertz CT molecular complexity index is 676. The molecule has 6 heteroatoms. The number of carbonyl (C=O) groups excluding carboxylic acids is 1. The molecule has 3 rings (SSSR count). The fourth-order valence-corrected chi connectivity index (χ4v) is 2.13. The number of aromatic nitrogens is 1. The summed E-state index contributed by atoms with van der Waals surface area (Å²) in [5.41, 5.74) is 0.876. The first-order valence-corrected chi connectivity index (χ1v) is 6.94. The molecule has 1 aromatic carbocycles. The molecule has 0 saturated carbocycles. The molecule has 0 spiro atoms. The van der Waals surface area contributed by atoms with Crippen molar-refractivity contribution in [1.29, 1.82) is 0 Å². The van der Waals surface area contributed by atoms with E-state index in [-0.39, 0.29) is 16.8 Å². The van der Waals surface area contributed by atoms with Crippen LogP contribution in [0.15, 0.2) is 36.4 Å². The number of nitrogens with one attached hydrogen (secondary N) is 1. The van der Waals surface area contributed by atoms with Crippen LogP contribution in [0, 0.1) is 0 Å². The summed E-state index contributed by atoms with van der Waals surface area (Å²) in [7, 11) is 0. The van der Waals surface area contributed by atoms with Crippen molar-refractivity contribution in [3.63, 3.8) is 0 Å². The number of rotatable bonds is 2. The van der Waals surface area contributed by atoms with Crippen LogP contribution < -0.4 is 14.8 Å². The van der Waals surface area contributed by atoms with Crippen LogP contribution in [0.2, 0.25) is 5.15 Å². The molecule has 1 N–H and O–H groups in total. The van der Waals surface area contributed by atoms with E-state index in [1.165, 1.54) is 0 Å². The van der Waals surface area contributed by atoms with Gasteiger partial charge in [-0.2, -0.15) is 0 Å². The maximum absolute atomic E-state index is 12.1. The van der Waals surface area contributed by atoms with Crippen LogP contribution >= 0.6 is 11.6 Å².